The predicted octanol–water partition coefficient (Wildman–Crippen LogP) is 4.13. The molecular weight excluding hydrogens is 218 g/mol. The van der Waals surface area contributed by atoms with Gasteiger partial charge in [-0.25, -0.2) is 0 Å². The lowest BCUT2D eigenvalue weighted by molar-refractivity contribution is 0.616. The van der Waals surface area contributed by atoms with Crippen LogP contribution in [-0.4, -0.2) is 13.1 Å². The molecule has 102 valence electrons. The van der Waals surface area contributed by atoms with Gasteiger partial charge in [-0.1, -0.05) is 39.0 Å². The van der Waals surface area contributed by atoms with Gasteiger partial charge in [-0.3, -0.25) is 0 Å². The highest BCUT2D eigenvalue weighted by atomic mass is 14.8. The van der Waals surface area contributed by atoms with Crippen molar-refractivity contribution >= 4 is 0 Å². The van der Waals surface area contributed by atoms with E-state index in [4.69, 9.17) is 0 Å². The number of rotatable bonds is 9. The van der Waals surface area contributed by atoms with Crippen LogP contribution in [0.4, 0.5) is 0 Å². The van der Waals surface area contributed by atoms with E-state index in [2.05, 4.69) is 44.3 Å². The van der Waals surface area contributed by atoms with Crippen LogP contribution in [-0.2, 0) is 19.3 Å². The third kappa shape index (κ3) is 5.22. The summed E-state index contributed by atoms with van der Waals surface area (Å²) in [4.78, 5) is 0. The van der Waals surface area contributed by atoms with Gasteiger partial charge in [-0.2, -0.15) is 0 Å². The van der Waals surface area contributed by atoms with Crippen LogP contribution in [0.25, 0.3) is 0 Å². The molecule has 1 heteroatoms. The van der Waals surface area contributed by atoms with Crippen LogP contribution in [0.2, 0.25) is 0 Å². The molecule has 1 nitrogen and oxygen atoms in total. The zero-order valence-electron chi connectivity index (χ0n) is 12.4. The predicted molar refractivity (Wildman–Crippen MR) is 81.3 cm³/mol. The number of unbranched alkanes of at least 4 members (excludes halogenated alkanes) is 1. The summed E-state index contributed by atoms with van der Waals surface area (Å²) in [6, 6.07) is 7.02. The van der Waals surface area contributed by atoms with Crippen LogP contribution >= 0.6 is 0 Å². The van der Waals surface area contributed by atoms with Gasteiger partial charge in [0.1, 0.15) is 0 Å². The van der Waals surface area contributed by atoms with Gasteiger partial charge < -0.3 is 5.32 Å². The molecule has 0 amide bonds. The molecule has 0 atom stereocenters. The molecule has 0 aromatic heterocycles. The van der Waals surface area contributed by atoms with Gasteiger partial charge in [-0.15, -0.1) is 0 Å². The summed E-state index contributed by atoms with van der Waals surface area (Å²) in [5.74, 6) is 0. The van der Waals surface area contributed by atoms with Gasteiger partial charge in [0.05, 0.1) is 0 Å². The van der Waals surface area contributed by atoms with Crippen molar-refractivity contribution in [1.29, 1.82) is 0 Å². The molecular formula is C17H29N. The Kier molecular flexibility index (Phi) is 7.75. The first-order chi connectivity index (χ1) is 8.81. The lowest BCUT2D eigenvalue weighted by atomic mass is 9.97. The second kappa shape index (κ2) is 9.16. The van der Waals surface area contributed by atoms with Gasteiger partial charge in [-0.05, 0) is 68.3 Å². The highest BCUT2D eigenvalue weighted by Crippen LogP contribution is 2.16. The Morgan fingerprint density at radius 1 is 0.889 bits per heavy atom. The first kappa shape index (κ1) is 15.2. The number of nitrogens with one attached hydrogen (secondary N) is 1. The number of hydrogen-bond donors (Lipinski definition) is 1. The first-order valence-electron chi connectivity index (χ1n) is 7.63. The van der Waals surface area contributed by atoms with E-state index in [9.17, 15) is 0 Å². The molecule has 0 bridgehead atoms. The fourth-order valence-corrected chi connectivity index (χ4v) is 2.34. The maximum Gasteiger partial charge on any atom is -0.00488 e. The van der Waals surface area contributed by atoms with Crippen molar-refractivity contribution in [3.63, 3.8) is 0 Å². The summed E-state index contributed by atoms with van der Waals surface area (Å²) in [6.45, 7) is 9.04. The van der Waals surface area contributed by atoms with E-state index >= 15 is 0 Å². The molecule has 0 aliphatic rings. The molecule has 0 saturated heterocycles. The van der Waals surface area contributed by atoms with Crippen molar-refractivity contribution < 1.29 is 0 Å². The standard InChI is InChI=1S/C17H29N/c1-4-12-18-13-8-7-9-17-14-15(5-2)10-11-16(17)6-3/h10-11,14,18H,4-9,12-13H2,1-3H3. The summed E-state index contributed by atoms with van der Waals surface area (Å²) in [5.41, 5.74) is 4.59. The molecule has 0 radical (unpaired) electrons. The topological polar surface area (TPSA) is 12.0 Å². The molecule has 1 N–H and O–H groups in total. The zero-order valence-corrected chi connectivity index (χ0v) is 12.4. The first-order valence-corrected chi connectivity index (χ1v) is 7.63. The van der Waals surface area contributed by atoms with E-state index in [1.807, 2.05) is 0 Å². The van der Waals surface area contributed by atoms with Crippen molar-refractivity contribution in [3.05, 3.63) is 34.9 Å². The van der Waals surface area contributed by atoms with Crippen molar-refractivity contribution in [2.45, 2.75) is 59.3 Å². The van der Waals surface area contributed by atoms with E-state index in [1.165, 1.54) is 43.4 Å². The Labute approximate surface area is 113 Å². The van der Waals surface area contributed by atoms with Gasteiger partial charge >= 0.3 is 0 Å². The molecule has 0 fully saturated rings. The van der Waals surface area contributed by atoms with E-state index < -0.39 is 0 Å². The number of hydrogen-bond acceptors (Lipinski definition) is 1. The van der Waals surface area contributed by atoms with Crippen LogP contribution in [0.3, 0.4) is 0 Å². The third-order valence-electron chi connectivity index (χ3n) is 3.54. The smallest absolute Gasteiger partial charge is 0.00488 e. The van der Waals surface area contributed by atoms with Gasteiger partial charge in [0.25, 0.3) is 0 Å². The monoisotopic (exact) mass is 247 g/mol. The lowest BCUT2D eigenvalue weighted by Crippen LogP contribution is -2.15. The molecule has 0 unspecified atom stereocenters. The average Bonchev–Trinajstić information content (AvgIpc) is 2.42. The van der Waals surface area contributed by atoms with E-state index in [0.29, 0.717) is 0 Å². The second-order valence-corrected chi connectivity index (χ2v) is 5.02. The Morgan fingerprint density at radius 3 is 2.39 bits per heavy atom. The molecule has 1 rings (SSSR count). The van der Waals surface area contributed by atoms with Crippen LogP contribution in [0, 0.1) is 0 Å². The van der Waals surface area contributed by atoms with Crippen molar-refractivity contribution in [2.75, 3.05) is 13.1 Å². The summed E-state index contributed by atoms with van der Waals surface area (Å²) in [6.07, 6.45) is 7.38. The minimum absolute atomic E-state index is 1.15. The minimum Gasteiger partial charge on any atom is -0.317 e. The molecule has 1 aromatic carbocycles. The number of aryl methyl sites for hydroxylation is 3. The SMILES string of the molecule is CCCNCCCCc1cc(CC)ccc1CC. The van der Waals surface area contributed by atoms with E-state index in [-0.39, 0.29) is 0 Å². The van der Waals surface area contributed by atoms with Crippen molar-refractivity contribution in [1.82, 2.24) is 5.32 Å². The normalized spacial score (nSPS) is 10.8. The Balaban J connectivity index is 2.39. The molecule has 0 heterocycles. The fraction of sp³-hybridized carbons (Fsp3) is 0.647. The van der Waals surface area contributed by atoms with E-state index in [1.54, 1.807) is 5.56 Å². The quantitative estimate of drug-likeness (QED) is 0.647. The van der Waals surface area contributed by atoms with E-state index in [0.717, 1.165) is 19.4 Å². The third-order valence-corrected chi connectivity index (χ3v) is 3.54. The van der Waals surface area contributed by atoms with Gasteiger partial charge in [0.15, 0.2) is 0 Å². The van der Waals surface area contributed by atoms with Crippen LogP contribution in [0.5, 0.6) is 0 Å². The molecule has 1 aromatic rings. The Bertz CT molecular complexity index is 330. The second-order valence-electron chi connectivity index (χ2n) is 5.02. The number of benzene rings is 1. The molecule has 0 saturated carbocycles. The maximum absolute atomic E-state index is 3.47. The van der Waals surface area contributed by atoms with Crippen LogP contribution < -0.4 is 5.32 Å². The van der Waals surface area contributed by atoms with Crippen molar-refractivity contribution in [2.24, 2.45) is 0 Å². The molecule has 0 aliphatic carbocycles. The summed E-state index contributed by atoms with van der Waals surface area (Å²) < 4.78 is 0. The van der Waals surface area contributed by atoms with Gasteiger partial charge in [0.2, 0.25) is 0 Å². The molecule has 0 spiro atoms. The van der Waals surface area contributed by atoms with Gasteiger partial charge in [0, 0.05) is 0 Å². The average molecular weight is 247 g/mol. The Hall–Kier alpha value is -0.820. The lowest BCUT2D eigenvalue weighted by Gasteiger charge is -2.10. The van der Waals surface area contributed by atoms with Crippen LogP contribution in [0.15, 0.2) is 18.2 Å². The Morgan fingerprint density at radius 2 is 1.72 bits per heavy atom. The molecule has 0 aliphatic heterocycles. The summed E-state index contributed by atoms with van der Waals surface area (Å²) in [7, 11) is 0. The minimum atomic E-state index is 1.15. The fourth-order valence-electron chi connectivity index (χ4n) is 2.34. The summed E-state index contributed by atoms with van der Waals surface area (Å²) >= 11 is 0. The summed E-state index contributed by atoms with van der Waals surface area (Å²) in [5, 5.41) is 3.47. The highest BCUT2D eigenvalue weighted by Gasteiger charge is 2.02. The highest BCUT2D eigenvalue weighted by molar-refractivity contribution is 5.32. The molecule has 18 heavy (non-hydrogen) atoms. The van der Waals surface area contributed by atoms with Crippen molar-refractivity contribution in [3.8, 4) is 0 Å². The largest absolute Gasteiger partial charge is 0.317 e. The van der Waals surface area contributed by atoms with Crippen LogP contribution in [0.1, 0.15) is 56.7 Å². The zero-order chi connectivity index (χ0) is 13.2. The maximum atomic E-state index is 3.47.